The van der Waals surface area contributed by atoms with E-state index in [-0.39, 0.29) is 17.4 Å². The van der Waals surface area contributed by atoms with Crippen molar-refractivity contribution in [3.8, 4) is 11.5 Å². The van der Waals surface area contributed by atoms with Gasteiger partial charge >= 0.3 is 5.91 Å². The maximum atomic E-state index is 13.5. The second-order valence-corrected chi connectivity index (χ2v) is 10.7. The van der Waals surface area contributed by atoms with E-state index in [1.165, 1.54) is 16.2 Å². The Labute approximate surface area is 227 Å². The number of aliphatic hydroxyl groups excluding tert-OH is 1. The van der Waals surface area contributed by atoms with Gasteiger partial charge in [-0.05, 0) is 73.5 Å². The van der Waals surface area contributed by atoms with Gasteiger partial charge in [0.2, 0.25) is 0 Å². The number of carbonyl (C=O) groups is 2. The molecule has 38 heavy (non-hydrogen) atoms. The van der Waals surface area contributed by atoms with Crippen molar-refractivity contribution in [2.45, 2.75) is 32.4 Å². The highest BCUT2D eigenvalue weighted by molar-refractivity contribution is 7.22. The Morgan fingerprint density at radius 1 is 1.16 bits per heavy atom. The summed E-state index contributed by atoms with van der Waals surface area (Å²) < 4.78 is 12.2. The third-order valence-electron chi connectivity index (χ3n) is 6.67. The highest BCUT2D eigenvalue weighted by Crippen LogP contribution is 2.45. The number of ketones is 1. The van der Waals surface area contributed by atoms with E-state index in [0.29, 0.717) is 45.6 Å². The molecule has 1 saturated heterocycles. The number of amides is 1. The van der Waals surface area contributed by atoms with Crippen LogP contribution in [0.25, 0.3) is 16.0 Å². The first kappa shape index (κ1) is 24.5. The van der Waals surface area contributed by atoms with Gasteiger partial charge in [0.05, 0.1) is 28.4 Å². The quantitative estimate of drug-likeness (QED) is 0.179. The fourth-order valence-corrected chi connectivity index (χ4v) is 6.11. The molecular weight excluding hydrogens is 524 g/mol. The molecule has 2 atom stereocenters. The molecule has 1 amide bonds. The van der Waals surface area contributed by atoms with Crippen molar-refractivity contribution in [2.75, 3.05) is 11.5 Å². The lowest BCUT2D eigenvalue weighted by Gasteiger charge is -2.23. The summed E-state index contributed by atoms with van der Waals surface area (Å²) >= 11 is 7.42. The van der Waals surface area contributed by atoms with Gasteiger partial charge in [0.1, 0.15) is 23.4 Å². The van der Waals surface area contributed by atoms with Crippen LogP contribution in [-0.2, 0) is 16.0 Å². The van der Waals surface area contributed by atoms with Gasteiger partial charge in [0.25, 0.3) is 5.78 Å². The molecule has 3 heterocycles. The van der Waals surface area contributed by atoms with Gasteiger partial charge in [-0.3, -0.25) is 14.5 Å². The number of thiazole rings is 1. The average molecular weight is 547 g/mol. The molecule has 1 aromatic heterocycles. The molecule has 0 unspecified atom stereocenters. The topological polar surface area (TPSA) is 89.0 Å². The molecule has 7 nitrogen and oxygen atoms in total. The summed E-state index contributed by atoms with van der Waals surface area (Å²) in [5, 5.41) is 12.3. The summed E-state index contributed by atoms with van der Waals surface area (Å²) in [6, 6.07) is 16.8. The Morgan fingerprint density at radius 2 is 1.95 bits per heavy atom. The van der Waals surface area contributed by atoms with Crippen LogP contribution in [0, 0.1) is 0 Å². The van der Waals surface area contributed by atoms with Crippen LogP contribution in [0.2, 0.25) is 5.02 Å². The van der Waals surface area contributed by atoms with Gasteiger partial charge in [-0.25, -0.2) is 4.98 Å². The predicted molar refractivity (Wildman–Crippen MR) is 147 cm³/mol. The van der Waals surface area contributed by atoms with E-state index in [1.54, 1.807) is 36.4 Å². The monoisotopic (exact) mass is 546 g/mol. The molecule has 0 saturated carbocycles. The van der Waals surface area contributed by atoms with Crippen molar-refractivity contribution >= 4 is 55.7 Å². The minimum Gasteiger partial charge on any atom is -0.507 e. The van der Waals surface area contributed by atoms with Crippen LogP contribution in [0.5, 0.6) is 11.5 Å². The number of aliphatic hydroxyl groups is 1. The first-order valence-electron chi connectivity index (χ1n) is 12.2. The number of carbonyl (C=O) groups excluding carboxylic acids is 2. The van der Waals surface area contributed by atoms with E-state index in [2.05, 4.69) is 4.98 Å². The van der Waals surface area contributed by atoms with E-state index in [0.717, 1.165) is 16.0 Å². The minimum absolute atomic E-state index is 0.00139. The van der Waals surface area contributed by atoms with Crippen molar-refractivity contribution in [3.05, 3.63) is 87.9 Å². The Bertz CT molecular complexity index is 1630. The molecule has 0 spiro atoms. The van der Waals surface area contributed by atoms with Gasteiger partial charge in [-0.15, -0.1) is 0 Å². The highest BCUT2D eigenvalue weighted by Gasteiger charge is 2.48. The fourth-order valence-electron chi connectivity index (χ4n) is 4.97. The summed E-state index contributed by atoms with van der Waals surface area (Å²) in [6.07, 6.45) is 0.727. The number of hydrogen-bond acceptors (Lipinski definition) is 7. The van der Waals surface area contributed by atoms with E-state index >= 15 is 0 Å². The van der Waals surface area contributed by atoms with E-state index in [1.807, 2.05) is 38.1 Å². The molecule has 0 radical (unpaired) electrons. The zero-order chi connectivity index (χ0) is 26.6. The Kier molecular flexibility index (Phi) is 6.08. The summed E-state index contributed by atoms with van der Waals surface area (Å²) in [6.45, 7) is 4.40. The smallest absolute Gasteiger partial charge is 0.301 e. The molecule has 6 rings (SSSR count). The van der Waals surface area contributed by atoms with Crippen LogP contribution in [-0.4, -0.2) is 34.5 Å². The normalized spacial score (nSPS) is 20.1. The number of hydrogen-bond donors (Lipinski definition) is 1. The van der Waals surface area contributed by atoms with Gasteiger partial charge in [-0.1, -0.05) is 35.1 Å². The zero-order valence-corrected chi connectivity index (χ0v) is 22.2. The Morgan fingerprint density at radius 3 is 2.71 bits per heavy atom. The summed E-state index contributed by atoms with van der Waals surface area (Å²) in [7, 11) is 0. The predicted octanol–water partition coefficient (Wildman–Crippen LogP) is 6.30. The van der Waals surface area contributed by atoms with E-state index in [9.17, 15) is 14.7 Å². The van der Waals surface area contributed by atoms with Crippen molar-refractivity contribution in [3.63, 3.8) is 0 Å². The number of benzene rings is 3. The molecule has 1 N–H and O–H groups in total. The van der Waals surface area contributed by atoms with Gasteiger partial charge < -0.3 is 14.6 Å². The van der Waals surface area contributed by atoms with Crippen LogP contribution >= 0.6 is 22.9 Å². The summed E-state index contributed by atoms with van der Waals surface area (Å²) in [5.41, 5.74) is 2.69. The maximum Gasteiger partial charge on any atom is 0.301 e. The van der Waals surface area contributed by atoms with Crippen molar-refractivity contribution in [1.29, 1.82) is 0 Å². The van der Waals surface area contributed by atoms with Crippen LogP contribution in [0.4, 0.5) is 5.13 Å². The third-order valence-corrected chi connectivity index (χ3v) is 7.93. The molecule has 4 aromatic rings. The Hall–Kier alpha value is -3.88. The second kappa shape index (κ2) is 9.45. The number of ether oxygens (including phenoxy) is 2. The Balaban J connectivity index is 1.50. The first-order valence-corrected chi connectivity index (χ1v) is 13.4. The van der Waals surface area contributed by atoms with E-state index < -0.39 is 17.7 Å². The molecule has 9 heteroatoms. The number of fused-ring (bicyclic) bond motifs is 2. The van der Waals surface area contributed by atoms with Crippen LogP contribution in [0.1, 0.15) is 36.6 Å². The summed E-state index contributed by atoms with van der Waals surface area (Å²) in [5.74, 6) is -0.325. The standard InChI is InChI=1S/C29H23ClN2O5S/c1-3-36-20-9-10-21-23(14-20)38-29(31-21)32-25(16-4-7-19(30)8-5-16)24(27(34)28(32)35)26(33)17-6-11-22-18(13-17)12-15(2)37-22/h4-11,13-15,25,33H,3,12H2,1-2H3/b26-24+/t15-,25-/m0/s1. The molecule has 2 aliphatic rings. The molecule has 1 fully saturated rings. The molecule has 0 bridgehead atoms. The zero-order valence-electron chi connectivity index (χ0n) is 20.6. The van der Waals surface area contributed by atoms with Crippen LogP contribution in [0.3, 0.4) is 0 Å². The lowest BCUT2D eigenvalue weighted by molar-refractivity contribution is -0.132. The second-order valence-electron chi connectivity index (χ2n) is 9.23. The number of anilines is 1. The first-order chi connectivity index (χ1) is 18.3. The van der Waals surface area contributed by atoms with Crippen molar-refractivity contribution in [2.24, 2.45) is 0 Å². The molecule has 0 aliphatic carbocycles. The molecular formula is C29H23ClN2O5S. The average Bonchev–Trinajstić information content (AvgIpc) is 3.56. The SMILES string of the molecule is CCOc1ccc2nc(N3C(=O)C(=O)/C(=C(/O)c4ccc5c(c4)C[C@H](C)O5)[C@@H]3c3ccc(Cl)cc3)sc2c1. The number of nitrogens with zero attached hydrogens (tertiary/aromatic N) is 2. The number of halogens is 1. The minimum atomic E-state index is -0.886. The van der Waals surface area contributed by atoms with Gasteiger partial charge in [-0.2, -0.15) is 0 Å². The summed E-state index contributed by atoms with van der Waals surface area (Å²) in [4.78, 5) is 33.0. The molecule has 3 aromatic carbocycles. The highest BCUT2D eigenvalue weighted by atomic mass is 35.5. The number of Topliss-reactive ketones (excluding diaryl/α,β-unsaturated/α-hetero) is 1. The third kappa shape index (κ3) is 4.10. The maximum absolute atomic E-state index is 13.5. The van der Waals surface area contributed by atoms with E-state index in [4.69, 9.17) is 21.1 Å². The number of aromatic nitrogens is 1. The largest absolute Gasteiger partial charge is 0.507 e. The van der Waals surface area contributed by atoms with Crippen LogP contribution in [0.15, 0.2) is 66.2 Å². The molecule has 192 valence electrons. The van der Waals surface area contributed by atoms with Crippen molar-refractivity contribution in [1.82, 2.24) is 4.98 Å². The fraction of sp³-hybridized carbons (Fsp3) is 0.207. The number of rotatable bonds is 5. The van der Waals surface area contributed by atoms with Gasteiger partial charge in [0, 0.05) is 17.0 Å². The molecule has 2 aliphatic heterocycles. The lowest BCUT2D eigenvalue weighted by atomic mass is 9.94. The van der Waals surface area contributed by atoms with Crippen molar-refractivity contribution < 1.29 is 24.2 Å². The van der Waals surface area contributed by atoms with Gasteiger partial charge in [0.15, 0.2) is 5.13 Å². The lowest BCUT2D eigenvalue weighted by Crippen LogP contribution is -2.29. The van der Waals surface area contributed by atoms with Crippen LogP contribution < -0.4 is 14.4 Å².